The Kier molecular flexibility index (Phi) is 6.02. The maximum absolute atomic E-state index is 12.3. The first-order valence-corrected chi connectivity index (χ1v) is 9.19. The molecule has 0 aromatic heterocycles. The van der Waals surface area contributed by atoms with Crippen molar-refractivity contribution in [3.05, 3.63) is 69.2 Å². The number of carbonyl (C=O) groups excluding carboxylic acids is 1. The lowest BCUT2D eigenvalue weighted by molar-refractivity contribution is -0.886. The summed E-state index contributed by atoms with van der Waals surface area (Å²) in [6, 6.07) is 13.5. The molecule has 6 heteroatoms. The first-order chi connectivity index (χ1) is 12.0. The van der Waals surface area contributed by atoms with Gasteiger partial charge in [0.1, 0.15) is 0 Å². The number of benzene rings is 2. The molecule has 25 heavy (non-hydrogen) atoms. The van der Waals surface area contributed by atoms with Crippen LogP contribution in [0.3, 0.4) is 0 Å². The van der Waals surface area contributed by atoms with Crippen molar-refractivity contribution in [3.8, 4) is 0 Å². The highest BCUT2D eigenvalue weighted by atomic mass is 35.5. The van der Waals surface area contributed by atoms with E-state index in [0.717, 1.165) is 19.5 Å². The van der Waals surface area contributed by atoms with Gasteiger partial charge in [0.15, 0.2) is 6.54 Å². The van der Waals surface area contributed by atoms with Crippen LogP contribution in [-0.2, 0) is 4.79 Å². The zero-order valence-electron chi connectivity index (χ0n) is 13.5. The van der Waals surface area contributed by atoms with Gasteiger partial charge in [0.25, 0.3) is 5.91 Å². The largest absolute Gasteiger partial charge is 0.324 e. The second-order valence-corrected chi connectivity index (χ2v) is 7.27. The Bertz CT molecular complexity index is 783. The average molecular weight is 397 g/mol. The molecule has 0 bridgehead atoms. The lowest BCUT2D eigenvalue weighted by Crippen LogP contribution is -3.13. The van der Waals surface area contributed by atoms with Gasteiger partial charge < -0.3 is 10.2 Å². The van der Waals surface area contributed by atoms with Crippen molar-refractivity contribution in [2.45, 2.75) is 6.42 Å². The van der Waals surface area contributed by atoms with Crippen LogP contribution in [0.1, 0.15) is 12.0 Å². The third-order valence-electron chi connectivity index (χ3n) is 4.21. The van der Waals surface area contributed by atoms with Crippen LogP contribution in [0.15, 0.2) is 48.5 Å². The molecule has 1 amide bonds. The van der Waals surface area contributed by atoms with Crippen molar-refractivity contribution in [3.63, 3.8) is 0 Å². The normalized spacial score (nSPS) is 17.1. The first-order valence-electron chi connectivity index (χ1n) is 8.05. The van der Waals surface area contributed by atoms with E-state index in [1.807, 2.05) is 18.2 Å². The van der Waals surface area contributed by atoms with Gasteiger partial charge in [-0.15, -0.1) is 0 Å². The second kappa shape index (κ2) is 8.24. The van der Waals surface area contributed by atoms with Crippen LogP contribution in [0.2, 0.25) is 15.1 Å². The molecule has 0 radical (unpaired) electrons. The van der Waals surface area contributed by atoms with Crippen molar-refractivity contribution in [2.75, 3.05) is 25.0 Å². The Balaban J connectivity index is 1.59. The molecular weight excluding hydrogens is 379 g/mol. The van der Waals surface area contributed by atoms with Crippen LogP contribution >= 0.6 is 34.8 Å². The molecule has 0 saturated carbocycles. The highest BCUT2D eigenvalue weighted by molar-refractivity contribution is 6.42. The molecule has 0 fully saturated rings. The molecule has 0 aliphatic carbocycles. The number of anilines is 1. The van der Waals surface area contributed by atoms with Crippen molar-refractivity contribution < 1.29 is 9.69 Å². The van der Waals surface area contributed by atoms with Crippen LogP contribution in [0.25, 0.3) is 5.57 Å². The van der Waals surface area contributed by atoms with Crippen molar-refractivity contribution in [1.29, 1.82) is 0 Å². The second-order valence-electron chi connectivity index (χ2n) is 6.02. The van der Waals surface area contributed by atoms with Gasteiger partial charge in [-0.1, -0.05) is 65.1 Å². The van der Waals surface area contributed by atoms with Gasteiger partial charge in [0.05, 0.1) is 28.8 Å². The van der Waals surface area contributed by atoms with Gasteiger partial charge in [-0.3, -0.25) is 4.79 Å². The molecule has 0 saturated heterocycles. The number of carbonyl (C=O) groups is 1. The van der Waals surface area contributed by atoms with E-state index in [4.69, 9.17) is 34.8 Å². The smallest absolute Gasteiger partial charge is 0.279 e. The Morgan fingerprint density at radius 1 is 1.08 bits per heavy atom. The van der Waals surface area contributed by atoms with E-state index in [9.17, 15) is 4.79 Å². The summed E-state index contributed by atoms with van der Waals surface area (Å²) in [6.07, 6.45) is 3.17. The number of hydrogen-bond donors (Lipinski definition) is 2. The lowest BCUT2D eigenvalue weighted by Gasteiger charge is -2.23. The van der Waals surface area contributed by atoms with Gasteiger partial charge >= 0.3 is 0 Å². The summed E-state index contributed by atoms with van der Waals surface area (Å²) in [5, 5.41) is 3.91. The van der Waals surface area contributed by atoms with Crippen molar-refractivity contribution >= 4 is 52.0 Å². The van der Waals surface area contributed by atoms with E-state index in [0.29, 0.717) is 27.3 Å². The number of halogens is 3. The highest BCUT2D eigenvalue weighted by Gasteiger charge is 2.20. The zero-order chi connectivity index (χ0) is 17.8. The number of nitrogens with one attached hydrogen (secondary N) is 2. The van der Waals surface area contributed by atoms with Crippen LogP contribution in [0.5, 0.6) is 0 Å². The van der Waals surface area contributed by atoms with E-state index in [2.05, 4.69) is 23.5 Å². The van der Waals surface area contributed by atoms with E-state index in [-0.39, 0.29) is 5.91 Å². The summed E-state index contributed by atoms with van der Waals surface area (Å²) in [5.41, 5.74) is 3.01. The molecule has 130 valence electrons. The maximum Gasteiger partial charge on any atom is 0.279 e. The maximum atomic E-state index is 12.3. The molecule has 3 nitrogen and oxygen atoms in total. The standard InChI is InChI=1S/C19H17Cl3N2O/c20-15-10-16(21)19(17(22)11-15)23-18(25)12-24-8-6-14(7-9-24)13-4-2-1-3-5-13/h1-6,10-11H,7-9,12H2,(H,23,25)/p+1. The molecule has 2 N–H and O–H groups in total. The quantitative estimate of drug-likeness (QED) is 0.806. The SMILES string of the molecule is O=C(C[NH+]1CC=C(c2ccccc2)CC1)Nc1c(Cl)cc(Cl)cc1Cl. The summed E-state index contributed by atoms with van der Waals surface area (Å²) in [5.74, 6) is -0.113. The molecule has 1 unspecified atom stereocenters. The number of rotatable bonds is 4. The summed E-state index contributed by atoms with van der Waals surface area (Å²) < 4.78 is 0. The molecule has 1 atom stereocenters. The van der Waals surface area contributed by atoms with Gasteiger partial charge in [0.2, 0.25) is 0 Å². The predicted molar refractivity (Wildman–Crippen MR) is 105 cm³/mol. The predicted octanol–water partition coefficient (Wildman–Crippen LogP) is 3.96. The fraction of sp³-hybridized carbons (Fsp3) is 0.211. The van der Waals surface area contributed by atoms with Crippen LogP contribution in [-0.4, -0.2) is 25.5 Å². The van der Waals surface area contributed by atoms with Gasteiger partial charge in [-0.05, 0) is 29.3 Å². The third kappa shape index (κ3) is 4.77. The lowest BCUT2D eigenvalue weighted by atomic mass is 10.00. The summed E-state index contributed by atoms with van der Waals surface area (Å²) >= 11 is 18.1. The minimum absolute atomic E-state index is 0.113. The van der Waals surface area contributed by atoms with E-state index in [1.54, 1.807) is 12.1 Å². The molecule has 2 aromatic carbocycles. The minimum atomic E-state index is -0.113. The fourth-order valence-electron chi connectivity index (χ4n) is 2.93. The average Bonchev–Trinajstić information content (AvgIpc) is 2.59. The monoisotopic (exact) mass is 395 g/mol. The number of hydrogen-bond acceptors (Lipinski definition) is 1. The minimum Gasteiger partial charge on any atom is -0.324 e. The van der Waals surface area contributed by atoms with Crippen molar-refractivity contribution in [1.82, 2.24) is 0 Å². The Morgan fingerprint density at radius 3 is 2.36 bits per heavy atom. The zero-order valence-corrected chi connectivity index (χ0v) is 15.8. The van der Waals surface area contributed by atoms with Gasteiger partial charge in [0, 0.05) is 11.4 Å². The van der Waals surface area contributed by atoms with Crippen LogP contribution in [0, 0.1) is 0 Å². The molecule has 2 aromatic rings. The van der Waals surface area contributed by atoms with Crippen LogP contribution < -0.4 is 10.2 Å². The highest BCUT2D eigenvalue weighted by Crippen LogP contribution is 2.33. The van der Waals surface area contributed by atoms with Gasteiger partial charge in [-0.2, -0.15) is 0 Å². The Labute approximate surface area is 162 Å². The molecular formula is C19H18Cl3N2O+. The summed E-state index contributed by atoms with van der Waals surface area (Å²) in [7, 11) is 0. The molecule has 1 aliphatic rings. The fourth-order valence-corrected chi connectivity index (χ4v) is 3.84. The third-order valence-corrected chi connectivity index (χ3v) is 5.03. The van der Waals surface area contributed by atoms with E-state index < -0.39 is 0 Å². The first kappa shape index (κ1) is 18.3. The van der Waals surface area contributed by atoms with E-state index in [1.165, 1.54) is 16.0 Å². The number of quaternary nitrogens is 1. The van der Waals surface area contributed by atoms with Crippen molar-refractivity contribution in [2.24, 2.45) is 0 Å². The summed E-state index contributed by atoms with van der Waals surface area (Å²) in [4.78, 5) is 13.5. The topological polar surface area (TPSA) is 33.5 Å². The molecule has 1 heterocycles. The van der Waals surface area contributed by atoms with Gasteiger partial charge in [-0.25, -0.2) is 0 Å². The van der Waals surface area contributed by atoms with E-state index >= 15 is 0 Å². The molecule has 3 rings (SSSR count). The Morgan fingerprint density at radius 2 is 1.76 bits per heavy atom. The number of amides is 1. The Hall–Kier alpha value is -1.52. The summed E-state index contributed by atoms with van der Waals surface area (Å²) in [6.45, 7) is 2.10. The van der Waals surface area contributed by atoms with Crippen LogP contribution in [0.4, 0.5) is 5.69 Å². The molecule has 1 aliphatic heterocycles. The molecule has 0 spiro atoms.